The maximum absolute atomic E-state index is 12.6. The number of nitrogens with two attached hydrogens (primary N) is 1. The van der Waals surface area contributed by atoms with Gasteiger partial charge in [0.2, 0.25) is 0 Å². The Bertz CT molecular complexity index is 537. The van der Waals surface area contributed by atoms with E-state index in [4.69, 9.17) is 5.73 Å². The molecule has 5 heteroatoms. The van der Waals surface area contributed by atoms with Crippen molar-refractivity contribution < 1.29 is 9.59 Å². The zero-order valence-corrected chi connectivity index (χ0v) is 13.4. The number of likely N-dealkylation sites (tertiary alicyclic amines) is 1. The predicted octanol–water partition coefficient (Wildman–Crippen LogP) is 2.51. The van der Waals surface area contributed by atoms with Crippen LogP contribution in [0.4, 0.5) is 4.79 Å². The number of benzene rings is 1. The van der Waals surface area contributed by atoms with Gasteiger partial charge in [0.15, 0.2) is 0 Å². The molecule has 3 amide bonds. The summed E-state index contributed by atoms with van der Waals surface area (Å²) in [6.45, 7) is 6.55. The van der Waals surface area contributed by atoms with Gasteiger partial charge in [-0.1, -0.05) is 26.0 Å². The quantitative estimate of drug-likeness (QED) is 0.900. The van der Waals surface area contributed by atoms with Crippen LogP contribution in [0.25, 0.3) is 0 Å². The lowest BCUT2D eigenvalue weighted by atomic mass is 9.85. The van der Waals surface area contributed by atoms with Crippen molar-refractivity contribution in [2.45, 2.75) is 39.7 Å². The summed E-state index contributed by atoms with van der Waals surface area (Å²) in [5.74, 6) is 0.0899. The molecule has 3 N–H and O–H groups in total. The van der Waals surface area contributed by atoms with Crippen LogP contribution in [0.15, 0.2) is 24.3 Å². The zero-order valence-electron chi connectivity index (χ0n) is 13.4. The first-order valence-electron chi connectivity index (χ1n) is 7.79. The first-order valence-corrected chi connectivity index (χ1v) is 7.79. The molecule has 1 aromatic rings. The molecule has 0 aliphatic carbocycles. The number of nitrogens with one attached hydrogen (secondary N) is 1. The normalized spacial score (nSPS) is 17.6. The van der Waals surface area contributed by atoms with Gasteiger partial charge in [-0.15, -0.1) is 0 Å². The summed E-state index contributed by atoms with van der Waals surface area (Å²) < 4.78 is 0. The van der Waals surface area contributed by atoms with Gasteiger partial charge in [-0.3, -0.25) is 4.79 Å². The number of carbonyl (C=O) groups is 2. The lowest BCUT2D eigenvalue weighted by Crippen LogP contribution is -2.32. The second kappa shape index (κ2) is 6.81. The van der Waals surface area contributed by atoms with Gasteiger partial charge in [0.25, 0.3) is 5.91 Å². The molecule has 0 spiro atoms. The number of carbonyl (C=O) groups excluding carboxylic acids is 2. The molecule has 1 aliphatic rings. The van der Waals surface area contributed by atoms with Crippen LogP contribution in [0.3, 0.4) is 0 Å². The average Bonchev–Trinajstić information content (AvgIpc) is 2.66. The molecular formula is C17H25N3O2. The lowest BCUT2D eigenvalue weighted by molar-refractivity contribution is 0.0757. The number of primary amides is 1. The van der Waals surface area contributed by atoms with Crippen LogP contribution in [0.5, 0.6) is 0 Å². The van der Waals surface area contributed by atoms with Crippen molar-refractivity contribution in [1.82, 2.24) is 10.2 Å². The average molecular weight is 303 g/mol. The van der Waals surface area contributed by atoms with Crippen LogP contribution in [0, 0.1) is 5.41 Å². The third-order valence-electron chi connectivity index (χ3n) is 4.29. The molecule has 2 rings (SSSR count). The second-order valence-corrected chi connectivity index (χ2v) is 6.72. The third-order valence-corrected chi connectivity index (χ3v) is 4.29. The molecule has 0 unspecified atom stereocenters. The molecule has 0 radical (unpaired) electrons. The number of hydrogen-bond donors (Lipinski definition) is 2. The van der Waals surface area contributed by atoms with Crippen molar-refractivity contribution in [2.24, 2.45) is 11.1 Å². The van der Waals surface area contributed by atoms with E-state index in [1.165, 1.54) is 0 Å². The Morgan fingerprint density at radius 1 is 1.18 bits per heavy atom. The summed E-state index contributed by atoms with van der Waals surface area (Å²) in [6.07, 6.45) is 3.26. The summed E-state index contributed by atoms with van der Waals surface area (Å²) in [7, 11) is 0. The summed E-state index contributed by atoms with van der Waals surface area (Å²) in [6, 6.07) is 6.79. The fourth-order valence-corrected chi connectivity index (χ4v) is 2.76. The molecule has 0 atom stereocenters. The van der Waals surface area contributed by atoms with Gasteiger partial charge < -0.3 is 16.0 Å². The predicted molar refractivity (Wildman–Crippen MR) is 86.4 cm³/mol. The van der Waals surface area contributed by atoms with Crippen molar-refractivity contribution in [3.8, 4) is 0 Å². The highest BCUT2D eigenvalue weighted by Gasteiger charge is 2.25. The molecule has 1 heterocycles. The van der Waals surface area contributed by atoms with Gasteiger partial charge in [0, 0.05) is 25.2 Å². The number of urea groups is 1. The molecule has 0 aromatic heterocycles. The Balaban J connectivity index is 1.98. The van der Waals surface area contributed by atoms with Crippen LogP contribution < -0.4 is 11.1 Å². The van der Waals surface area contributed by atoms with Crippen molar-refractivity contribution in [3.63, 3.8) is 0 Å². The molecule has 1 fully saturated rings. The summed E-state index contributed by atoms with van der Waals surface area (Å²) >= 11 is 0. The van der Waals surface area contributed by atoms with Gasteiger partial charge in [-0.05, 0) is 42.4 Å². The van der Waals surface area contributed by atoms with E-state index in [2.05, 4.69) is 19.2 Å². The van der Waals surface area contributed by atoms with Crippen molar-refractivity contribution >= 4 is 11.9 Å². The minimum Gasteiger partial charge on any atom is -0.352 e. The number of nitrogens with zero attached hydrogens (tertiary/aromatic N) is 1. The van der Waals surface area contributed by atoms with E-state index in [0.717, 1.165) is 37.9 Å². The minimum atomic E-state index is -0.549. The fourth-order valence-electron chi connectivity index (χ4n) is 2.76. The van der Waals surface area contributed by atoms with E-state index in [9.17, 15) is 9.59 Å². The molecule has 1 saturated heterocycles. The standard InChI is InChI=1S/C17H25N3O2/c1-17(2)8-3-10-20(11-9-17)15(21)14-6-4-13(5-7-14)12-19-16(18)22/h4-7H,3,8-12H2,1-2H3,(H3,18,19,22). The highest BCUT2D eigenvalue weighted by molar-refractivity contribution is 5.94. The van der Waals surface area contributed by atoms with Crippen LogP contribution >= 0.6 is 0 Å². The molecule has 0 bridgehead atoms. The van der Waals surface area contributed by atoms with Crippen molar-refractivity contribution in [1.29, 1.82) is 0 Å². The van der Waals surface area contributed by atoms with E-state index >= 15 is 0 Å². The second-order valence-electron chi connectivity index (χ2n) is 6.72. The molecule has 5 nitrogen and oxygen atoms in total. The molecular weight excluding hydrogens is 278 g/mol. The van der Waals surface area contributed by atoms with E-state index in [0.29, 0.717) is 17.5 Å². The van der Waals surface area contributed by atoms with Gasteiger partial charge in [-0.25, -0.2) is 4.79 Å². The third kappa shape index (κ3) is 4.48. The zero-order chi connectivity index (χ0) is 16.2. The van der Waals surface area contributed by atoms with Crippen molar-refractivity contribution in [3.05, 3.63) is 35.4 Å². The van der Waals surface area contributed by atoms with Crippen LogP contribution in [0.1, 0.15) is 49.0 Å². The number of hydrogen-bond acceptors (Lipinski definition) is 2. The van der Waals surface area contributed by atoms with Crippen LogP contribution in [0.2, 0.25) is 0 Å². The summed E-state index contributed by atoms with van der Waals surface area (Å²) in [4.78, 5) is 25.2. The van der Waals surface area contributed by atoms with Gasteiger partial charge in [0.1, 0.15) is 0 Å². The minimum absolute atomic E-state index is 0.0899. The van der Waals surface area contributed by atoms with Gasteiger partial charge >= 0.3 is 6.03 Å². The Morgan fingerprint density at radius 3 is 2.50 bits per heavy atom. The summed E-state index contributed by atoms with van der Waals surface area (Å²) in [5, 5.41) is 2.53. The van der Waals surface area contributed by atoms with E-state index < -0.39 is 6.03 Å². The Hall–Kier alpha value is -2.04. The van der Waals surface area contributed by atoms with E-state index in [1.54, 1.807) is 0 Å². The highest BCUT2D eigenvalue weighted by atomic mass is 16.2. The maximum atomic E-state index is 12.6. The number of amides is 3. The fraction of sp³-hybridized carbons (Fsp3) is 0.529. The molecule has 120 valence electrons. The summed E-state index contributed by atoms with van der Waals surface area (Å²) in [5.41, 5.74) is 6.98. The van der Waals surface area contributed by atoms with E-state index in [1.807, 2.05) is 29.2 Å². The van der Waals surface area contributed by atoms with Crippen LogP contribution in [-0.2, 0) is 6.54 Å². The monoisotopic (exact) mass is 303 g/mol. The molecule has 0 saturated carbocycles. The molecule has 1 aromatic carbocycles. The van der Waals surface area contributed by atoms with E-state index in [-0.39, 0.29) is 5.91 Å². The topological polar surface area (TPSA) is 75.4 Å². The SMILES string of the molecule is CC1(C)CCCN(C(=O)c2ccc(CNC(N)=O)cc2)CC1. The first-order chi connectivity index (χ1) is 10.4. The van der Waals surface area contributed by atoms with Crippen LogP contribution in [-0.4, -0.2) is 29.9 Å². The maximum Gasteiger partial charge on any atom is 0.312 e. The largest absolute Gasteiger partial charge is 0.352 e. The Morgan fingerprint density at radius 2 is 1.86 bits per heavy atom. The Labute approximate surface area is 131 Å². The first kappa shape index (κ1) is 16.3. The highest BCUT2D eigenvalue weighted by Crippen LogP contribution is 2.30. The smallest absolute Gasteiger partial charge is 0.312 e. The number of rotatable bonds is 3. The van der Waals surface area contributed by atoms with Crippen molar-refractivity contribution in [2.75, 3.05) is 13.1 Å². The Kier molecular flexibility index (Phi) is 5.06. The molecule has 22 heavy (non-hydrogen) atoms. The molecule has 1 aliphatic heterocycles. The lowest BCUT2D eigenvalue weighted by Gasteiger charge is -2.23. The van der Waals surface area contributed by atoms with Gasteiger partial charge in [0.05, 0.1) is 0 Å². The van der Waals surface area contributed by atoms with Gasteiger partial charge in [-0.2, -0.15) is 0 Å².